The smallest absolute Gasteiger partial charge is 0.320 e. The number of ketones is 1. The molecule has 0 saturated heterocycles. The van der Waals surface area contributed by atoms with E-state index in [4.69, 9.17) is 16.6 Å². The van der Waals surface area contributed by atoms with E-state index in [1.165, 1.54) is 0 Å². The third-order valence-corrected chi connectivity index (χ3v) is 2.55. The van der Waals surface area contributed by atoms with Gasteiger partial charge in [0.2, 0.25) is 0 Å². The monoisotopic (exact) mass is 236 g/mol. The van der Waals surface area contributed by atoms with Crippen molar-refractivity contribution in [2.75, 3.05) is 5.73 Å². The Morgan fingerprint density at radius 2 is 2.06 bits per heavy atom. The molecule has 0 aliphatic carbocycles. The number of nitrogen functional groups attached to an aromatic ring is 1. The first-order chi connectivity index (χ1) is 7.95. The van der Waals surface area contributed by atoms with Crippen LogP contribution in [0.25, 0.3) is 0 Å². The maximum absolute atomic E-state index is 11.8. The van der Waals surface area contributed by atoms with E-state index in [2.05, 4.69) is 0 Å². The molecule has 0 unspecified atom stereocenters. The van der Waals surface area contributed by atoms with E-state index in [0.29, 0.717) is 11.3 Å². The molecule has 0 amide bonds. The van der Waals surface area contributed by atoms with Crippen LogP contribution in [-0.2, 0) is 11.2 Å². The molecule has 0 saturated carbocycles. The van der Waals surface area contributed by atoms with E-state index in [9.17, 15) is 9.59 Å². The van der Waals surface area contributed by atoms with Crippen molar-refractivity contribution in [1.82, 2.24) is 0 Å². The average molecular weight is 236 g/mol. The first-order valence-corrected chi connectivity index (χ1v) is 5.35. The number of carbonyl (C=O) groups is 2. The van der Waals surface area contributed by atoms with E-state index in [0.717, 1.165) is 12.0 Å². The molecule has 0 bridgehead atoms. The Kier molecular flexibility index (Phi) is 4.23. The summed E-state index contributed by atoms with van der Waals surface area (Å²) in [6.07, 6.45) is 0.540. The van der Waals surface area contributed by atoms with E-state index >= 15 is 0 Å². The van der Waals surface area contributed by atoms with Crippen molar-refractivity contribution in [3.05, 3.63) is 29.3 Å². The lowest BCUT2D eigenvalue weighted by Crippen LogP contribution is -2.32. The van der Waals surface area contributed by atoms with Crippen LogP contribution in [-0.4, -0.2) is 22.9 Å². The van der Waals surface area contributed by atoms with Crippen molar-refractivity contribution in [3.63, 3.8) is 0 Å². The number of aryl methyl sites for hydroxylation is 1. The van der Waals surface area contributed by atoms with Gasteiger partial charge < -0.3 is 16.6 Å². The normalized spacial score (nSPS) is 12.1. The second kappa shape index (κ2) is 5.45. The Hall–Kier alpha value is -1.88. The van der Waals surface area contributed by atoms with Gasteiger partial charge in [-0.25, -0.2) is 0 Å². The third kappa shape index (κ3) is 3.29. The first kappa shape index (κ1) is 13.2. The van der Waals surface area contributed by atoms with Gasteiger partial charge in [-0.15, -0.1) is 0 Å². The lowest BCUT2D eigenvalue weighted by atomic mass is 9.99. The van der Waals surface area contributed by atoms with Gasteiger partial charge in [0, 0.05) is 17.7 Å². The van der Waals surface area contributed by atoms with Crippen LogP contribution in [0.2, 0.25) is 0 Å². The Bertz CT molecular complexity index is 443. The molecule has 0 aliphatic rings. The number of aliphatic carboxylic acids is 1. The molecular formula is C12H16N2O3. The fourth-order valence-electron chi connectivity index (χ4n) is 1.46. The highest BCUT2D eigenvalue weighted by Gasteiger charge is 2.19. The third-order valence-electron chi connectivity index (χ3n) is 2.55. The summed E-state index contributed by atoms with van der Waals surface area (Å²) in [7, 11) is 0. The van der Waals surface area contributed by atoms with Crippen molar-refractivity contribution in [2.24, 2.45) is 5.73 Å². The largest absolute Gasteiger partial charge is 0.480 e. The highest BCUT2D eigenvalue weighted by molar-refractivity contribution is 6.02. The number of carboxylic acid groups (broad SMARTS) is 1. The minimum Gasteiger partial charge on any atom is -0.480 e. The summed E-state index contributed by atoms with van der Waals surface area (Å²) in [6, 6.07) is 3.99. The molecule has 5 N–H and O–H groups in total. The molecule has 0 aliphatic heterocycles. The number of hydrogen-bond acceptors (Lipinski definition) is 4. The number of Topliss-reactive ketones (excluding diaryl/α,β-unsaturated/α-hetero) is 1. The predicted molar refractivity (Wildman–Crippen MR) is 64.8 cm³/mol. The summed E-state index contributed by atoms with van der Waals surface area (Å²) in [6.45, 7) is 1.96. The molecule has 0 heterocycles. The fourth-order valence-corrected chi connectivity index (χ4v) is 1.46. The summed E-state index contributed by atoms with van der Waals surface area (Å²) < 4.78 is 0. The Balaban J connectivity index is 2.91. The summed E-state index contributed by atoms with van der Waals surface area (Å²) in [5.74, 6) is -1.53. The molecule has 1 atom stereocenters. The Labute approximate surface area is 99.4 Å². The standard InChI is InChI=1S/C12H16N2O3/c1-2-7-3-4-9(13)8(5-7)11(15)6-10(14)12(16)17/h3-5,10H,2,6,13-14H2,1H3,(H,16,17)/t10-/m0/s1. The molecule has 1 aromatic rings. The van der Waals surface area contributed by atoms with Gasteiger partial charge in [0.25, 0.3) is 0 Å². The van der Waals surface area contributed by atoms with Crippen LogP contribution in [0.15, 0.2) is 18.2 Å². The highest BCUT2D eigenvalue weighted by atomic mass is 16.4. The molecular weight excluding hydrogens is 220 g/mol. The van der Waals surface area contributed by atoms with Gasteiger partial charge in [-0.1, -0.05) is 13.0 Å². The molecule has 5 heteroatoms. The van der Waals surface area contributed by atoms with E-state index in [-0.39, 0.29) is 12.2 Å². The van der Waals surface area contributed by atoms with Crippen LogP contribution in [0.1, 0.15) is 29.3 Å². The van der Waals surface area contributed by atoms with Gasteiger partial charge >= 0.3 is 5.97 Å². The van der Waals surface area contributed by atoms with Gasteiger partial charge in [0.15, 0.2) is 5.78 Å². The SMILES string of the molecule is CCc1ccc(N)c(C(=O)C[C@H](N)C(=O)O)c1. The van der Waals surface area contributed by atoms with Crippen molar-refractivity contribution in [2.45, 2.75) is 25.8 Å². The number of nitrogens with two attached hydrogens (primary N) is 2. The second-order valence-electron chi connectivity index (χ2n) is 3.85. The maximum Gasteiger partial charge on any atom is 0.320 e. The van der Waals surface area contributed by atoms with Crippen LogP contribution < -0.4 is 11.5 Å². The van der Waals surface area contributed by atoms with E-state index < -0.39 is 12.0 Å². The van der Waals surface area contributed by atoms with Crippen molar-refractivity contribution in [1.29, 1.82) is 0 Å². The zero-order valence-electron chi connectivity index (χ0n) is 9.64. The molecule has 0 spiro atoms. The zero-order chi connectivity index (χ0) is 13.0. The number of carboxylic acids is 1. The Morgan fingerprint density at radius 3 is 2.59 bits per heavy atom. The number of benzene rings is 1. The minimum atomic E-state index is -1.19. The molecule has 5 nitrogen and oxygen atoms in total. The van der Waals surface area contributed by atoms with Crippen molar-refractivity contribution in [3.8, 4) is 0 Å². The summed E-state index contributed by atoms with van der Waals surface area (Å²) in [4.78, 5) is 22.4. The molecule has 1 aromatic carbocycles. The number of rotatable bonds is 5. The summed E-state index contributed by atoms with van der Waals surface area (Å²) in [5.41, 5.74) is 12.7. The number of hydrogen-bond donors (Lipinski definition) is 3. The van der Waals surface area contributed by atoms with E-state index in [1.54, 1.807) is 12.1 Å². The van der Waals surface area contributed by atoms with Gasteiger partial charge in [-0.3, -0.25) is 9.59 Å². The lowest BCUT2D eigenvalue weighted by molar-refractivity contribution is -0.138. The summed E-state index contributed by atoms with van der Waals surface area (Å²) in [5, 5.41) is 8.64. The van der Waals surface area contributed by atoms with Crippen molar-refractivity contribution >= 4 is 17.4 Å². The molecule has 1 rings (SSSR count). The zero-order valence-corrected chi connectivity index (χ0v) is 9.64. The van der Waals surface area contributed by atoms with Crippen LogP contribution in [0.3, 0.4) is 0 Å². The van der Waals surface area contributed by atoms with Crippen LogP contribution >= 0.6 is 0 Å². The molecule has 0 fully saturated rings. The van der Waals surface area contributed by atoms with Crippen LogP contribution in [0.4, 0.5) is 5.69 Å². The van der Waals surface area contributed by atoms with Crippen molar-refractivity contribution < 1.29 is 14.7 Å². The lowest BCUT2D eigenvalue weighted by Gasteiger charge is -2.09. The molecule has 92 valence electrons. The van der Waals surface area contributed by atoms with Gasteiger partial charge in [0.05, 0.1) is 0 Å². The first-order valence-electron chi connectivity index (χ1n) is 5.35. The van der Waals surface area contributed by atoms with Gasteiger partial charge in [0.1, 0.15) is 6.04 Å². The van der Waals surface area contributed by atoms with Gasteiger partial charge in [-0.05, 0) is 24.1 Å². The minimum absolute atomic E-state index is 0.243. The quantitative estimate of drug-likeness (QED) is 0.518. The number of carbonyl (C=O) groups excluding carboxylic acids is 1. The average Bonchev–Trinajstić information content (AvgIpc) is 2.29. The number of anilines is 1. The summed E-state index contributed by atoms with van der Waals surface area (Å²) >= 11 is 0. The fraction of sp³-hybridized carbons (Fsp3) is 0.333. The molecule has 0 aromatic heterocycles. The van der Waals surface area contributed by atoms with Crippen LogP contribution in [0.5, 0.6) is 0 Å². The second-order valence-corrected chi connectivity index (χ2v) is 3.85. The Morgan fingerprint density at radius 1 is 1.41 bits per heavy atom. The van der Waals surface area contributed by atoms with Gasteiger partial charge in [-0.2, -0.15) is 0 Å². The topological polar surface area (TPSA) is 106 Å². The maximum atomic E-state index is 11.8. The van der Waals surface area contributed by atoms with Crippen LogP contribution in [0, 0.1) is 0 Å². The highest BCUT2D eigenvalue weighted by Crippen LogP contribution is 2.17. The molecule has 17 heavy (non-hydrogen) atoms. The van der Waals surface area contributed by atoms with E-state index in [1.807, 2.05) is 13.0 Å². The molecule has 0 radical (unpaired) electrons. The predicted octanol–water partition coefficient (Wildman–Crippen LogP) is 0.816.